The number of Topliss-reactive ketones (excluding diaryl/α,β-unsaturated/α-hetero) is 1. The van der Waals surface area contributed by atoms with Crippen LogP contribution in [0.25, 0.3) is 0 Å². The lowest BCUT2D eigenvalue weighted by Gasteiger charge is -2.22. The van der Waals surface area contributed by atoms with Gasteiger partial charge in [0.1, 0.15) is 5.78 Å². The summed E-state index contributed by atoms with van der Waals surface area (Å²) in [6.07, 6.45) is 1.77. The van der Waals surface area contributed by atoms with Crippen LogP contribution in [0.15, 0.2) is 12.1 Å². The Labute approximate surface area is 112 Å². The first-order valence-electron chi connectivity index (χ1n) is 5.78. The van der Waals surface area contributed by atoms with E-state index in [2.05, 4.69) is 20.8 Å². The number of halogens is 1. The van der Waals surface area contributed by atoms with Crippen LogP contribution >= 0.6 is 22.9 Å². The van der Waals surface area contributed by atoms with Gasteiger partial charge in [-0.05, 0) is 24.0 Å². The smallest absolute Gasteiger partial charge is 0.139 e. The summed E-state index contributed by atoms with van der Waals surface area (Å²) >= 11 is 7.28. The van der Waals surface area contributed by atoms with Crippen molar-refractivity contribution < 1.29 is 4.79 Å². The summed E-state index contributed by atoms with van der Waals surface area (Å²) in [5, 5.41) is 0. The summed E-state index contributed by atoms with van der Waals surface area (Å²) < 4.78 is 0.729. The average Bonchev–Trinajstić information content (AvgIpc) is 2.46. The molecule has 0 aromatic carbocycles. The van der Waals surface area contributed by atoms with E-state index in [1.54, 1.807) is 0 Å². The summed E-state index contributed by atoms with van der Waals surface area (Å²) in [6.45, 7) is 6.41. The van der Waals surface area contributed by atoms with E-state index < -0.39 is 0 Å². The molecule has 1 atom stereocenters. The molecule has 0 radical (unpaired) electrons. The molecule has 0 bridgehead atoms. The molecule has 0 aliphatic carbocycles. The second-order valence-corrected chi connectivity index (χ2v) is 7.45. The van der Waals surface area contributed by atoms with Gasteiger partial charge in [0.05, 0.1) is 4.34 Å². The third-order valence-corrected chi connectivity index (χ3v) is 3.60. The Bertz CT molecular complexity index is 381. The zero-order valence-corrected chi connectivity index (χ0v) is 12.2. The van der Waals surface area contributed by atoms with Crippen LogP contribution < -0.4 is 5.73 Å². The Hall–Kier alpha value is -0.380. The van der Waals surface area contributed by atoms with Gasteiger partial charge in [-0.25, -0.2) is 0 Å². The highest BCUT2D eigenvalue weighted by atomic mass is 35.5. The van der Waals surface area contributed by atoms with Crippen LogP contribution in [0.5, 0.6) is 0 Å². The van der Waals surface area contributed by atoms with Crippen molar-refractivity contribution in [1.82, 2.24) is 0 Å². The standard InChI is InChI=1S/C13H20ClNOS/c1-13(2,3)8-9(15)6-10(16)7-11-4-5-12(14)17-11/h4-5,9H,6-8,15H2,1-3H3. The first-order chi connectivity index (χ1) is 7.76. The predicted molar refractivity (Wildman–Crippen MR) is 74.7 cm³/mol. The molecule has 0 fully saturated rings. The first kappa shape index (κ1) is 14.7. The molecular formula is C13H20ClNOS. The molecule has 0 saturated carbocycles. The van der Waals surface area contributed by atoms with Crippen molar-refractivity contribution in [3.8, 4) is 0 Å². The van der Waals surface area contributed by atoms with Gasteiger partial charge >= 0.3 is 0 Å². The van der Waals surface area contributed by atoms with E-state index in [4.69, 9.17) is 17.3 Å². The van der Waals surface area contributed by atoms with Crippen molar-refractivity contribution in [3.63, 3.8) is 0 Å². The number of rotatable bonds is 5. The first-order valence-corrected chi connectivity index (χ1v) is 6.97. The molecule has 0 saturated heterocycles. The third-order valence-electron chi connectivity index (χ3n) is 2.36. The van der Waals surface area contributed by atoms with Gasteiger partial charge in [-0.3, -0.25) is 4.79 Å². The van der Waals surface area contributed by atoms with Crippen molar-refractivity contribution in [2.24, 2.45) is 11.1 Å². The molecule has 0 amide bonds. The van der Waals surface area contributed by atoms with Crippen LogP contribution in [0.3, 0.4) is 0 Å². The molecule has 4 heteroatoms. The molecule has 1 heterocycles. The predicted octanol–water partition coefficient (Wildman–Crippen LogP) is 3.67. The van der Waals surface area contributed by atoms with E-state index in [-0.39, 0.29) is 17.2 Å². The van der Waals surface area contributed by atoms with Crippen LogP contribution in [0, 0.1) is 5.41 Å². The third kappa shape index (κ3) is 6.20. The fourth-order valence-corrected chi connectivity index (χ4v) is 2.98. The molecule has 1 aromatic rings. The molecule has 2 nitrogen and oxygen atoms in total. The number of carbonyl (C=O) groups excluding carboxylic acids is 1. The maximum absolute atomic E-state index is 11.8. The Morgan fingerprint density at radius 2 is 2.12 bits per heavy atom. The lowest BCUT2D eigenvalue weighted by Crippen LogP contribution is -2.29. The second-order valence-electron chi connectivity index (χ2n) is 5.65. The SMILES string of the molecule is CC(C)(C)CC(N)CC(=O)Cc1ccc(Cl)s1. The number of nitrogens with two attached hydrogens (primary N) is 1. The molecule has 1 aromatic heterocycles. The highest BCUT2D eigenvalue weighted by molar-refractivity contribution is 7.16. The Kier molecular flexibility index (Phi) is 5.17. The van der Waals surface area contributed by atoms with Crippen LogP contribution in [0.1, 0.15) is 38.5 Å². The molecule has 1 rings (SSSR count). The van der Waals surface area contributed by atoms with E-state index in [1.165, 1.54) is 11.3 Å². The van der Waals surface area contributed by atoms with Crippen LogP contribution in [-0.4, -0.2) is 11.8 Å². The molecule has 2 N–H and O–H groups in total. The fourth-order valence-electron chi connectivity index (χ4n) is 1.86. The molecule has 0 aliphatic heterocycles. The van der Waals surface area contributed by atoms with E-state index in [9.17, 15) is 4.79 Å². The van der Waals surface area contributed by atoms with Gasteiger partial charge in [0.25, 0.3) is 0 Å². The maximum atomic E-state index is 11.8. The highest BCUT2D eigenvalue weighted by Gasteiger charge is 2.18. The summed E-state index contributed by atoms with van der Waals surface area (Å²) in [5.74, 6) is 0.195. The van der Waals surface area contributed by atoms with Gasteiger partial charge in [-0.2, -0.15) is 0 Å². The molecule has 1 unspecified atom stereocenters. The molecule has 0 spiro atoms. The van der Waals surface area contributed by atoms with Crippen LogP contribution in [0.2, 0.25) is 4.34 Å². The van der Waals surface area contributed by atoms with E-state index in [0.29, 0.717) is 12.8 Å². The maximum Gasteiger partial charge on any atom is 0.139 e. The molecular weight excluding hydrogens is 254 g/mol. The van der Waals surface area contributed by atoms with E-state index in [0.717, 1.165) is 15.6 Å². The average molecular weight is 274 g/mol. The lowest BCUT2D eigenvalue weighted by atomic mass is 9.86. The van der Waals surface area contributed by atoms with Crippen molar-refractivity contribution in [3.05, 3.63) is 21.3 Å². The largest absolute Gasteiger partial charge is 0.327 e. The Morgan fingerprint density at radius 3 is 2.59 bits per heavy atom. The van der Waals surface area contributed by atoms with E-state index >= 15 is 0 Å². The number of carbonyl (C=O) groups is 1. The minimum absolute atomic E-state index is 0.0436. The van der Waals surface area contributed by atoms with E-state index in [1.807, 2.05) is 12.1 Å². The monoisotopic (exact) mass is 273 g/mol. The van der Waals surface area contributed by atoms with Crippen molar-refractivity contribution in [2.75, 3.05) is 0 Å². The van der Waals surface area contributed by atoms with Crippen molar-refractivity contribution >= 4 is 28.7 Å². The summed E-state index contributed by atoms with van der Waals surface area (Å²) in [7, 11) is 0. The topological polar surface area (TPSA) is 43.1 Å². The summed E-state index contributed by atoms with van der Waals surface area (Å²) in [4.78, 5) is 12.8. The van der Waals surface area contributed by atoms with Gasteiger partial charge < -0.3 is 5.73 Å². The zero-order chi connectivity index (χ0) is 13.1. The van der Waals surface area contributed by atoms with Crippen molar-refractivity contribution in [2.45, 2.75) is 46.1 Å². The fraction of sp³-hybridized carbons (Fsp3) is 0.615. The van der Waals surface area contributed by atoms with Gasteiger partial charge in [-0.1, -0.05) is 32.4 Å². The second kappa shape index (κ2) is 5.98. The normalized spacial score (nSPS) is 13.7. The minimum Gasteiger partial charge on any atom is -0.327 e. The number of hydrogen-bond donors (Lipinski definition) is 1. The Morgan fingerprint density at radius 1 is 1.47 bits per heavy atom. The lowest BCUT2D eigenvalue weighted by molar-refractivity contribution is -0.118. The van der Waals surface area contributed by atoms with Gasteiger partial charge in [0.2, 0.25) is 0 Å². The summed E-state index contributed by atoms with van der Waals surface area (Å²) in [6, 6.07) is 3.68. The zero-order valence-electron chi connectivity index (χ0n) is 10.6. The molecule has 0 aliphatic rings. The minimum atomic E-state index is -0.0436. The number of hydrogen-bond acceptors (Lipinski definition) is 3. The van der Waals surface area contributed by atoms with Crippen molar-refractivity contribution in [1.29, 1.82) is 0 Å². The van der Waals surface area contributed by atoms with Gasteiger partial charge in [0.15, 0.2) is 0 Å². The van der Waals surface area contributed by atoms with Gasteiger partial charge in [0, 0.05) is 23.8 Å². The number of ketones is 1. The number of thiophene rings is 1. The van der Waals surface area contributed by atoms with Gasteiger partial charge in [-0.15, -0.1) is 11.3 Å². The highest BCUT2D eigenvalue weighted by Crippen LogP contribution is 2.24. The Balaban J connectivity index is 2.39. The van der Waals surface area contributed by atoms with Crippen LogP contribution in [-0.2, 0) is 11.2 Å². The molecule has 96 valence electrons. The molecule has 17 heavy (non-hydrogen) atoms. The quantitative estimate of drug-likeness (QED) is 0.890. The summed E-state index contributed by atoms with van der Waals surface area (Å²) in [5.41, 5.74) is 6.15. The van der Waals surface area contributed by atoms with Crippen LogP contribution in [0.4, 0.5) is 0 Å².